The maximum Gasteiger partial charge on any atom is 0.431 e. The van der Waals surface area contributed by atoms with Gasteiger partial charge in [0.15, 0.2) is 0 Å². The van der Waals surface area contributed by atoms with Crippen LogP contribution in [0, 0.1) is 13.8 Å². The quantitative estimate of drug-likeness (QED) is 0.363. The van der Waals surface area contributed by atoms with Crippen molar-refractivity contribution in [3.63, 3.8) is 0 Å². The number of aryl methyl sites for hydroxylation is 2. The molecule has 172 valence electrons. The zero-order valence-electron chi connectivity index (χ0n) is 20.3. The summed E-state index contributed by atoms with van der Waals surface area (Å²) in [6.07, 6.45) is 0. The van der Waals surface area contributed by atoms with Gasteiger partial charge in [-0.2, -0.15) is 0 Å². The molecule has 2 aromatic rings. The summed E-state index contributed by atoms with van der Waals surface area (Å²) < 4.78 is 29.2. The summed E-state index contributed by atoms with van der Waals surface area (Å²) in [5, 5.41) is 0. The molecule has 0 saturated heterocycles. The van der Waals surface area contributed by atoms with Gasteiger partial charge in [0, 0.05) is 12.1 Å². The van der Waals surface area contributed by atoms with E-state index >= 15 is 0 Å². The minimum atomic E-state index is -2.54. The normalized spacial score (nSPS) is 12.7. The highest BCUT2D eigenvalue weighted by Crippen LogP contribution is 2.42. The van der Waals surface area contributed by atoms with E-state index in [1.165, 1.54) is 28.3 Å². The number of ether oxygens (including phenoxy) is 3. The van der Waals surface area contributed by atoms with Crippen LogP contribution in [0.3, 0.4) is 0 Å². The number of carbonyl (C=O) groups excluding carboxylic acids is 2. The van der Waals surface area contributed by atoms with Crippen LogP contribution in [0.1, 0.15) is 65.1 Å². The lowest BCUT2D eigenvalue weighted by atomic mass is 9.84. The van der Waals surface area contributed by atoms with Crippen molar-refractivity contribution >= 4 is 19.1 Å². The first-order chi connectivity index (χ1) is 14.9. The van der Waals surface area contributed by atoms with Crippen molar-refractivity contribution in [3.8, 4) is 17.2 Å². The first-order valence-electron chi connectivity index (χ1n) is 10.3. The Labute approximate surface area is 191 Å². The van der Waals surface area contributed by atoms with Crippen LogP contribution in [0.5, 0.6) is 17.2 Å². The molecule has 0 radical (unpaired) electrons. The summed E-state index contributed by atoms with van der Waals surface area (Å²) in [4.78, 5) is 26.5. The van der Waals surface area contributed by atoms with Crippen LogP contribution in [0.15, 0.2) is 24.3 Å². The third-order valence-corrected chi connectivity index (χ3v) is 7.07. The van der Waals surface area contributed by atoms with Gasteiger partial charge in [-0.05, 0) is 42.9 Å². The molecule has 0 heterocycles. The molecule has 32 heavy (non-hydrogen) atoms. The summed E-state index contributed by atoms with van der Waals surface area (Å²) in [6, 6.07) is 7.00. The molecular weight excluding hydrogens is 427 g/mol. The minimum Gasteiger partial charge on any atom is -0.496 e. The standard InChI is InChI=1S/C25H32O6P/c1-14-10-17(25(4,5)6)11-15(2)21(14)24(27)32(28)16(3)23(26)22-19(30-8)12-18(29-7)13-20(22)31-9/h10-13,16H,1-9H3/q+1. The van der Waals surface area contributed by atoms with Crippen molar-refractivity contribution < 1.29 is 28.4 Å². The average molecular weight is 459 g/mol. The predicted octanol–water partition coefficient (Wildman–Crippen LogP) is 5.87. The molecule has 0 aliphatic rings. The van der Waals surface area contributed by atoms with Crippen LogP contribution in [-0.2, 0) is 9.98 Å². The molecule has 2 atom stereocenters. The Morgan fingerprint density at radius 2 is 1.31 bits per heavy atom. The molecule has 0 fully saturated rings. The molecule has 7 heteroatoms. The number of carbonyl (C=O) groups is 2. The number of hydrogen-bond acceptors (Lipinski definition) is 6. The Morgan fingerprint density at radius 3 is 1.69 bits per heavy atom. The fraction of sp³-hybridized carbons (Fsp3) is 0.440. The van der Waals surface area contributed by atoms with Gasteiger partial charge in [0.1, 0.15) is 22.8 Å². The van der Waals surface area contributed by atoms with Crippen LogP contribution in [0.25, 0.3) is 0 Å². The monoisotopic (exact) mass is 459 g/mol. The van der Waals surface area contributed by atoms with Crippen LogP contribution in [0.4, 0.5) is 0 Å². The molecule has 2 aromatic carbocycles. The molecular formula is C25H32O6P+. The Balaban J connectivity index is 2.46. The Hall–Kier alpha value is -2.72. The lowest BCUT2D eigenvalue weighted by Gasteiger charge is -2.21. The van der Waals surface area contributed by atoms with Gasteiger partial charge in [-0.15, -0.1) is 0 Å². The topological polar surface area (TPSA) is 78.9 Å². The number of Topliss-reactive ketones (excluding diaryl/α,β-unsaturated/α-hetero) is 1. The van der Waals surface area contributed by atoms with Crippen LogP contribution in [-0.4, -0.2) is 38.3 Å². The summed E-state index contributed by atoms with van der Waals surface area (Å²) in [5.41, 5.74) is 1.48. The first kappa shape index (κ1) is 25.5. The van der Waals surface area contributed by atoms with Gasteiger partial charge in [0.2, 0.25) is 11.4 Å². The molecule has 0 amide bonds. The fourth-order valence-electron chi connectivity index (χ4n) is 3.58. The van der Waals surface area contributed by atoms with Crippen LogP contribution >= 0.6 is 7.80 Å². The molecule has 6 nitrogen and oxygen atoms in total. The second-order valence-corrected chi connectivity index (χ2v) is 10.6. The molecule has 2 unspecified atom stereocenters. The van der Waals surface area contributed by atoms with E-state index in [4.69, 9.17) is 14.2 Å². The molecule has 0 saturated carbocycles. The van der Waals surface area contributed by atoms with Crippen molar-refractivity contribution in [3.05, 3.63) is 52.1 Å². The number of hydrogen-bond donors (Lipinski definition) is 0. The van der Waals surface area contributed by atoms with E-state index in [1.54, 1.807) is 12.1 Å². The smallest absolute Gasteiger partial charge is 0.431 e. The van der Waals surface area contributed by atoms with Gasteiger partial charge in [-0.1, -0.05) is 37.5 Å². The highest BCUT2D eigenvalue weighted by Gasteiger charge is 2.44. The summed E-state index contributed by atoms with van der Waals surface area (Å²) in [7, 11) is 1.79. The average Bonchev–Trinajstić information content (AvgIpc) is 2.75. The summed E-state index contributed by atoms with van der Waals surface area (Å²) >= 11 is 0. The predicted molar refractivity (Wildman–Crippen MR) is 126 cm³/mol. The molecule has 0 aliphatic carbocycles. The van der Waals surface area contributed by atoms with Gasteiger partial charge < -0.3 is 14.2 Å². The van der Waals surface area contributed by atoms with Crippen LogP contribution < -0.4 is 14.2 Å². The molecule has 0 spiro atoms. The van der Waals surface area contributed by atoms with E-state index in [-0.39, 0.29) is 22.5 Å². The first-order valence-corrected chi connectivity index (χ1v) is 11.7. The minimum absolute atomic E-state index is 0.0793. The van der Waals surface area contributed by atoms with Gasteiger partial charge in [-0.3, -0.25) is 4.79 Å². The van der Waals surface area contributed by atoms with E-state index in [9.17, 15) is 14.2 Å². The van der Waals surface area contributed by atoms with E-state index < -0.39 is 24.8 Å². The second kappa shape index (κ2) is 9.83. The third kappa shape index (κ3) is 5.02. The van der Waals surface area contributed by atoms with Crippen molar-refractivity contribution in [1.82, 2.24) is 0 Å². The van der Waals surface area contributed by atoms with Gasteiger partial charge in [-0.25, -0.2) is 4.79 Å². The molecule has 0 aliphatic heterocycles. The SMILES string of the molecule is COc1cc(OC)c(C(=O)C(C)[P+](=O)C(=O)c2c(C)cc(C(C)(C)C)cc2C)c(OC)c1. The highest BCUT2D eigenvalue weighted by molar-refractivity contribution is 7.66. The summed E-state index contributed by atoms with van der Waals surface area (Å²) in [6.45, 7) is 11.5. The molecule has 0 N–H and O–H groups in total. The number of ketones is 1. The molecule has 0 bridgehead atoms. The van der Waals surface area contributed by atoms with Gasteiger partial charge >= 0.3 is 13.3 Å². The second-order valence-electron chi connectivity index (χ2n) is 8.81. The number of benzene rings is 2. The van der Waals surface area contributed by atoms with Gasteiger partial charge in [0.05, 0.1) is 26.9 Å². The fourth-order valence-corrected chi connectivity index (χ4v) is 4.85. The van der Waals surface area contributed by atoms with Crippen LogP contribution in [0.2, 0.25) is 0 Å². The van der Waals surface area contributed by atoms with Crippen molar-refractivity contribution in [2.24, 2.45) is 0 Å². The lowest BCUT2D eigenvalue weighted by molar-refractivity contribution is 0.0976. The van der Waals surface area contributed by atoms with Gasteiger partial charge in [0.25, 0.3) is 0 Å². The largest absolute Gasteiger partial charge is 0.496 e. The Kier molecular flexibility index (Phi) is 7.84. The van der Waals surface area contributed by atoms with E-state index in [0.29, 0.717) is 11.3 Å². The maximum absolute atomic E-state index is 13.3. The third-order valence-electron chi connectivity index (χ3n) is 5.51. The number of methoxy groups -OCH3 is 3. The number of rotatable bonds is 8. The lowest BCUT2D eigenvalue weighted by Crippen LogP contribution is -2.19. The van der Waals surface area contributed by atoms with E-state index in [2.05, 4.69) is 20.8 Å². The Bertz CT molecular complexity index is 1020. The highest BCUT2D eigenvalue weighted by atomic mass is 31.1. The zero-order valence-corrected chi connectivity index (χ0v) is 21.2. The van der Waals surface area contributed by atoms with Crippen molar-refractivity contribution in [1.29, 1.82) is 0 Å². The molecule has 2 rings (SSSR count). The van der Waals surface area contributed by atoms with E-state index in [1.807, 2.05) is 26.0 Å². The summed E-state index contributed by atoms with van der Waals surface area (Å²) in [5.74, 6) is 0.428. The van der Waals surface area contributed by atoms with Crippen molar-refractivity contribution in [2.45, 2.75) is 52.6 Å². The maximum atomic E-state index is 13.3. The van der Waals surface area contributed by atoms with Crippen molar-refractivity contribution in [2.75, 3.05) is 21.3 Å². The Morgan fingerprint density at radius 1 is 0.844 bits per heavy atom. The molecule has 0 aromatic heterocycles. The zero-order chi connectivity index (χ0) is 24.4. The van der Waals surface area contributed by atoms with E-state index in [0.717, 1.165) is 16.7 Å².